The van der Waals surface area contributed by atoms with Gasteiger partial charge in [0.2, 0.25) is 0 Å². The molecule has 0 saturated heterocycles. The second-order valence-electron chi connectivity index (χ2n) is 5.17. The van der Waals surface area contributed by atoms with Crippen molar-refractivity contribution in [2.45, 2.75) is 0 Å². The summed E-state index contributed by atoms with van der Waals surface area (Å²) in [6, 6.07) is 5.27. The van der Waals surface area contributed by atoms with E-state index in [1.807, 2.05) is 0 Å². The van der Waals surface area contributed by atoms with Crippen LogP contribution in [0.25, 0.3) is 21.9 Å². The van der Waals surface area contributed by atoms with Crippen LogP contribution in [0.3, 0.4) is 0 Å². The Morgan fingerprint density at radius 2 is 1.00 bits per heavy atom. The Hall–Kier alpha value is -3.12. The maximum atomic E-state index is 11.9. The molecule has 2 aromatic carbocycles. The lowest BCUT2D eigenvalue weighted by atomic mass is 10.1. The number of benzene rings is 2. The van der Waals surface area contributed by atoms with Crippen molar-refractivity contribution in [3.05, 3.63) is 54.4 Å². The van der Waals surface area contributed by atoms with E-state index in [0.717, 1.165) is 0 Å². The Bertz CT molecular complexity index is 1240. The molecule has 1 aliphatic heterocycles. The zero-order valence-electron chi connectivity index (χ0n) is 13.1. The molecule has 0 atom stereocenters. The second kappa shape index (κ2) is 6.80. The van der Waals surface area contributed by atoms with Crippen LogP contribution in [0.2, 0.25) is 0 Å². The summed E-state index contributed by atoms with van der Waals surface area (Å²) in [4.78, 5) is 47.4. The summed E-state index contributed by atoms with van der Waals surface area (Å²) >= 11 is 6.64. The summed E-state index contributed by atoms with van der Waals surface area (Å²) in [5, 5.41) is 0.901. The highest BCUT2D eigenvalue weighted by atomic mass is 79.9. The van der Waals surface area contributed by atoms with Gasteiger partial charge in [-0.2, -0.15) is 0 Å². The number of rotatable bonds is 0. The van der Waals surface area contributed by atoms with Gasteiger partial charge in [-0.15, -0.1) is 0 Å². The molecule has 6 bridgehead atoms. The fourth-order valence-corrected chi connectivity index (χ4v) is 3.45. The minimum absolute atomic E-state index is 0.292. The molecule has 0 fully saturated rings. The topological polar surface area (TPSA) is 135 Å². The standard InChI is InChI=1S/C16H4Br2O10/c17-7-3-11-9-1-5(7)6-2-10(24-14(20)27-13(19)23-9)12(4-8(6)18)26-16(22)28-15(21)25-11/h1-4H. The Labute approximate surface area is 169 Å². The van der Waals surface area contributed by atoms with Crippen molar-refractivity contribution < 1.29 is 37.1 Å². The number of halogens is 2. The van der Waals surface area contributed by atoms with Crippen molar-refractivity contribution in [2.75, 3.05) is 0 Å². The minimum Gasteiger partial charge on any atom is -0.391 e. The summed E-state index contributed by atoms with van der Waals surface area (Å²) < 4.78 is 29.2. The van der Waals surface area contributed by atoms with Crippen LogP contribution in [-0.2, 0) is 4.74 Å². The summed E-state index contributed by atoms with van der Waals surface area (Å²) in [7, 11) is 0. The Morgan fingerprint density at radius 1 is 0.571 bits per heavy atom. The fraction of sp³-hybridized carbons (Fsp3) is 0. The molecule has 0 N–H and O–H groups in total. The van der Waals surface area contributed by atoms with Crippen LogP contribution in [0, 0.1) is 0 Å². The van der Waals surface area contributed by atoms with Gasteiger partial charge in [-0.3, -0.25) is 0 Å². The van der Waals surface area contributed by atoms with Gasteiger partial charge in [-0.05, 0) is 24.3 Å². The number of fused-ring (bicyclic) bond motifs is 6. The molecule has 2 aromatic heterocycles. The van der Waals surface area contributed by atoms with Gasteiger partial charge in [-0.25, -0.2) is 19.2 Å². The maximum Gasteiger partial charge on any atom is 0.524 e. The quantitative estimate of drug-likeness (QED) is 0.243. The molecular formula is C16H4Br2O10. The lowest BCUT2D eigenvalue weighted by Gasteiger charge is -2.05. The molecule has 0 radical (unpaired) electrons. The fourth-order valence-electron chi connectivity index (χ4n) is 2.38. The summed E-state index contributed by atoms with van der Waals surface area (Å²) in [5.41, 5.74) is -0.603. The van der Waals surface area contributed by atoms with E-state index in [2.05, 4.69) is 41.0 Å². The van der Waals surface area contributed by atoms with Crippen molar-refractivity contribution in [1.29, 1.82) is 0 Å². The molecule has 1 aliphatic rings. The number of hydrogen-bond acceptors (Lipinski definition) is 10. The smallest absolute Gasteiger partial charge is 0.391 e. The van der Waals surface area contributed by atoms with Gasteiger partial charge >= 0.3 is 24.0 Å². The van der Waals surface area contributed by atoms with Crippen LogP contribution in [0.4, 0.5) is 9.59 Å². The summed E-state index contributed by atoms with van der Waals surface area (Å²) in [5.74, 6) is -3.49. The van der Waals surface area contributed by atoms with E-state index < -0.39 is 24.0 Å². The van der Waals surface area contributed by atoms with Gasteiger partial charge in [0.05, 0.1) is 0 Å². The first-order chi connectivity index (χ1) is 13.3. The molecule has 0 saturated carbocycles. The molecule has 3 heterocycles. The van der Waals surface area contributed by atoms with Gasteiger partial charge in [0.1, 0.15) is 0 Å². The van der Waals surface area contributed by atoms with E-state index in [9.17, 15) is 19.2 Å². The first-order valence-electron chi connectivity index (χ1n) is 7.20. The number of carbonyl (C=O) groups is 2. The Morgan fingerprint density at radius 3 is 1.43 bits per heavy atom. The molecule has 0 amide bonds. The van der Waals surface area contributed by atoms with E-state index in [1.54, 1.807) is 0 Å². The van der Waals surface area contributed by atoms with E-state index in [1.165, 1.54) is 24.3 Å². The molecule has 28 heavy (non-hydrogen) atoms. The number of carbonyl (C=O) groups excluding carboxylic acids is 2. The number of ether oxygens (including phenoxy) is 3. The van der Waals surface area contributed by atoms with Crippen molar-refractivity contribution in [3.63, 3.8) is 0 Å². The second-order valence-corrected chi connectivity index (χ2v) is 6.88. The molecule has 142 valence electrons. The van der Waals surface area contributed by atoms with Gasteiger partial charge in [0.25, 0.3) is 0 Å². The van der Waals surface area contributed by atoms with Crippen LogP contribution in [0.15, 0.2) is 56.1 Å². The van der Waals surface area contributed by atoms with Crippen molar-refractivity contribution in [3.8, 4) is 11.5 Å². The Kier molecular flexibility index (Phi) is 4.43. The van der Waals surface area contributed by atoms with Gasteiger partial charge < -0.3 is 27.5 Å². The molecule has 10 nitrogen and oxygen atoms in total. The van der Waals surface area contributed by atoms with Crippen LogP contribution >= 0.6 is 31.9 Å². The third-order valence-corrected chi connectivity index (χ3v) is 4.78. The predicted molar refractivity (Wildman–Crippen MR) is 97.0 cm³/mol. The molecular weight excluding hydrogens is 512 g/mol. The van der Waals surface area contributed by atoms with E-state index in [4.69, 9.17) is 18.3 Å². The monoisotopic (exact) mass is 514 g/mol. The average Bonchev–Trinajstić information content (AvgIpc) is 2.58. The third-order valence-electron chi connectivity index (χ3n) is 3.46. The molecule has 0 spiro atoms. The molecule has 12 heteroatoms. The van der Waals surface area contributed by atoms with Crippen LogP contribution in [0.5, 0.6) is 11.5 Å². The molecule has 0 aliphatic carbocycles. The Balaban J connectivity index is 2.35. The third kappa shape index (κ3) is 3.39. The van der Waals surface area contributed by atoms with Gasteiger partial charge in [0.15, 0.2) is 22.7 Å². The molecule has 5 rings (SSSR count). The summed E-state index contributed by atoms with van der Waals surface area (Å²) in [6.07, 6.45) is -2.89. The SMILES string of the molecule is O=C1OC(=O)Oc2cc3c(Br)cc2oc(=O)oc(=O)oc2cc(Br)c3cc2O1. The maximum absolute atomic E-state index is 11.9. The lowest BCUT2D eigenvalue weighted by Crippen LogP contribution is -2.19. The predicted octanol–water partition coefficient (Wildman–Crippen LogP) is 4.17. The zero-order chi connectivity index (χ0) is 20.0. The first-order valence-corrected chi connectivity index (χ1v) is 8.79. The molecule has 0 unspecified atom stereocenters. The highest BCUT2D eigenvalue weighted by Crippen LogP contribution is 2.37. The highest BCUT2D eigenvalue weighted by Gasteiger charge is 2.21. The number of cyclic esters (lactones) is 2. The van der Waals surface area contributed by atoms with E-state index in [0.29, 0.717) is 19.7 Å². The number of hydrogen-bond donors (Lipinski definition) is 0. The highest BCUT2D eigenvalue weighted by molar-refractivity contribution is 9.11. The zero-order valence-corrected chi connectivity index (χ0v) is 16.3. The van der Waals surface area contributed by atoms with Gasteiger partial charge in [0, 0.05) is 19.7 Å². The van der Waals surface area contributed by atoms with Crippen molar-refractivity contribution >= 4 is 66.1 Å². The lowest BCUT2D eigenvalue weighted by molar-refractivity contribution is 0.0892. The summed E-state index contributed by atoms with van der Waals surface area (Å²) in [6.45, 7) is 0. The van der Waals surface area contributed by atoms with E-state index >= 15 is 0 Å². The van der Waals surface area contributed by atoms with Crippen LogP contribution in [-0.4, -0.2) is 12.3 Å². The first kappa shape index (κ1) is 18.3. The average molecular weight is 516 g/mol. The van der Waals surface area contributed by atoms with Crippen LogP contribution < -0.4 is 21.1 Å². The van der Waals surface area contributed by atoms with Crippen LogP contribution in [0.1, 0.15) is 0 Å². The van der Waals surface area contributed by atoms with Crippen molar-refractivity contribution in [2.24, 2.45) is 0 Å². The largest absolute Gasteiger partial charge is 0.524 e. The molecule has 4 aromatic rings. The van der Waals surface area contributed by atoms with E-state index in [-0.39, 0.29) is 22.7 Å². The normalized spacial score (nSPS) is 13.2. The van der Waals surface area contributed by atoms with Gasteiger partial charge in [-0.1, -0.05) is 31.9 Å². The minimum atomic E-state index is -1.45. The van der Waals surface area contributed by atoms with Crippen molar-refractivity contribution in [1.82, 2.24) is 0 Å².